The average Bonchev–Trinajstić information content (AvgIpc) is 2.63. The molecule has 7 heteroatoms. The van der Waals surface area contributed by atoms with Gasteiger partial charge in [0.2, 0.25) is 0 Å². The number of hydrogen-bond donors (Lipinski definition) is 2. The molecule has 1 amide bonds. The van der Waals surface area contributed by atoms with E-state index in [0.29, 0.717) is 16.0 Å². The van der Waals surface area contributed by atoms with Gasteiger partial charge in [-0.1, -0.05) is 24.0 Å². The number of aromatic hydroxyl groups is 1. The molecule has 0 aliphatic carbocycles. The van der Waals surface area contributed by atoms with Gasteiger partial charge in [-0.2, -0.15) is 0 Å². The van der Waals surface area contributed by atoms with Crippen LogP contribution in [0.4, 0.5) is 0 Å². The maximum Gasteiger partial charge on any atom is 0.323 e. The summed E-state index contributed by atoms with van der Waals surface area (Å²) in [6, 6.07) is 3.51. The average molecular weight is 323 g/mol. The van der Waals surface area contributed by atoms with E-state index in [1.165, 1.54) is 0 Å². The van der Waals surface area contributed by atoms with Gasteiger partial charge in [0, 0.05) is 0 Å². The number of aryl methyl sites for hydroxylation is 2. The van der Waals surface area contributed by atoms with Gasteiger partial charge in [-0.05, 0) is 48.7 Å². The van der Waals surface area contributed by atoms with Crippen LogP contribution < -0.4 is 0 Å². The molecule has 110 valence electrons. The number of carboxylic acids is 1. The molecule has 0 saturated carbocycles. The molecular weight excluding hydrogens is 310 g/mol. The second kappa shape index (κ2) is 5.87. The van der Waals surface area contributed by atoms with Gasteiger partial charge in [0.05, 0.1) is 4.91 Å². The number of carbonyl (C=O) groups excluding carboxylic acids is 1. The Hall–Kier alpha value is -1.86. The number of phenols is 1. The minimum Gasteiger partial charge on any atom is -0.507 e. The number of amides is 1. The summed E-state index contributed by atoms with van der Waals surface area (Å²) in [5.74, 6) is -1.29. The predicted octanol–water partition coefficient (Wildman–Crippen LogP) is 2.29. The SMILES string of the molecule is Cc1cc(C=C2SC(=S)N(CC(=O)O)C2=O)cc(C)c1O. The highest BCUT2D eigenvalue weighted by atomic mass is 32.2. The normalized spacial score (nSPS) is 16.9. The van der Waals surface area contributed by atoms with Crippen LogP contribution in [0.3, 0.4) is 0 Å². The Morgan fingerprint density at radius 1 is 1.38 bits per heavy atom. The van der Waals surface area contributed by atoms with Gasteiger partial charge in [-0.15, -0.1) is 0 Å². The summed E-state index contributed by atoms with van der Waals surface area (Å²) in [6.45, 7) is 3.11. The number of aliphatic carboxylic acids is 1. The van der Waals surface area contributed by atoms with Crippen LogP contribution in [0.2, 0.25) is 0 Å². The van der Waals surface area contributed by atoms with Crippen molar-refractivity contribution in [3.05, 3.63) is 33.7 Å². The summed E-state index contributed by atoms with van der Waals surface area (Å²) in [5.41, 5.74) is 2.18. The lowest BCUT2D eigenvalue weighted by Crippen LogP contribution is -2.33. The van der Waals surface area contributed by atoms with Crippen LogP contribution in [-0.4, -0.2) is 37.9 Å². The zero-order chi connectivity index (χ0) is 15.7. The van der Waals surface area contributed by atoms with Gasteiger partial charge in [0.15, 0.2) is 0 Å². The van der Waals surface area contributed by atoms with Crippen LogP contribution >= 0.6 is 24.0 Å². The number of phenolic OH excluding ortho intramolecular Hbond substituents is 1. The lowest BCUT2D eigenvalue weighted by molar-refractivity contribution is -0.140. The third kappa shape index (κ3) is 3.25. The fourth-order valence-electron chi connectivity index (χ4n) is 2.00. The molecule has 1 aromatic carbocycles. The fraction of sp³-hybridized carbons (Fsp3) is 0.214. The molecule has 2 N–H and O–H groups in total. The maximum absolute atomic E-state index is 12.1. The molecule has 1 fully saturated rings. The first-order valence-corrected chi connectivity index (χ1v) is 7.29. The van der Waals surface area contributed by atoms with E-state index in [4.69, 9.17) is 17.3 Å². The van der Waals surface area contributed by atoms with Crippen molar-refractivity contribution in [2.24, 2.45) is 0 Å². The van der Waals surface area contributed by atoms with Crippen LogP contribution in [-0.2, 0) is 9.59 Å². The summed E-state index contributed by atoms with van der Waals surface area (Å²) >= 11 is 6.10. The molecule has 0 spiro atoms. The molecule has 1 aliphatic heterocycles. The summed E-state index contributed by atoms with van der Waals surface area (Å²) in [5, 5.41) is 18.5. The predicted molar refractivity (Wildman–Crippen MR) is 85.1 cm³/mol. The molecule has 0 atom stereocenters. The molecule has 1 aromatic rings. The van der Waals surface area contributed by atoms with E-state index in [0.717, 1.165) is 22.2 Å². The van der Waals surface area contributed by atoms with Crippen molar-refractivity contribution in [2.75, 3.05) is 6.54 Å². The summed E-state index contributed by atoms with van der Waals surface area (Å²) in [7, 11) is 0. The van der Waals surface area contributed by atoms with Crippen molar-refractivity contribution < 1.29 is 19.8 Å². The molecule has 1 saturated heterocycles. The number of carboxylic acid groups (broad SMARTS) is 1. The van der Waals surface area contributed by atoms with Crippen molar-refractivity contribution in [3.8, 4) is 5.75 Å². The van der Waals surface area contributed by atoms with E-state index in [-0.39, 0.29) is 10.1 Å². The highest BCUT2D eigenvalue weighted by Gasteiger charge is 2.33. The van der Waals surface area contributed by atoms with E-state index in [2.05, 4.69) is 0 Å². The Morgan fingerprint density at radius 2 is 1.95 bits per heavy atom. The Morgan fingerprint density at radius 3 is 2.48 bits per heavy atom. The smallest absolute Gasteiger partial charge is 0.323 e. The van der Waals surface area contributed by atoms with Gasteiger partial charge in [-0.25, -0.2) is 0 Å². The monoisotopic (exact) mass is 323 g/mol. The number of rotatable bonds is 3. The molecule has 0 unspecified atom stereocenters. The molecule has 21 heavy (non-hydrogen) atoms. The zero-order valence-corrected chi connectivity index (χ0v) is 13.0. The third-order valence-corrected chi connectivity index (χ3v) is 4.36. The topological polar surface area (TPSA) is 77.8 Å². The molecule has 1 aliphatic rings. The minimum atomic E-state index is -1.11. The number of thioether (sulfide) groups is 1. The lowest BCUT2D eigenvalue weighted by Gasteiger charge is -2.10. The van der Waals surface area contributed by atoms with Crippen molar-refractivity contribution >= 4 is 46.3 Å². The van der Waals surface area contributed by atoms with Crippen LogP contribution in [0.5, 0.6) is 5.75 Å². The van der Waals surface area contributed by atoms with Crippen LogP contribution in [0.25, 0.3) is 6.08 Å². The molecule has 2 rings (SSSR count). The molecule has 1 heterocycles. The van der Waals surface area contributed by atoms with Crippen LogP contribution in [0.15, 0.2) is 17.0 Å². The first-order valence-electron chi connectivity index (χ1n) is 6.07. The van der Waals surface area contributed by atoms with E-state index >= 15 is 0 Å². The number of benzene rings is 1. The quantitative estimate of drug-likeness (QED) is 0.656. The lowest BCUT2D eigenvalue weighted by atomic mass is 10.1. The third-order valence-electron chi connectivity index (χ3n) is 2.98. The molecule has 0 bridgehead atoms. The van der Waals surface area contributed by atoms with Gasteiger partial charge in [0.25, 0.3) is 5.91 Å². The van der Waals surface area contributed by atoms with E-state index in [1.807, 2.05) is 0 Å². The standard InChI is InChI=1S/C14H13NO4S2/c1-7-3-9(4-8(2)12(7)18)5-10-13(19)15(6-11(16)17)14(20)21-10/h3-5,18H,6H2,1-2H3,(H,16,17). The van der Waals surface area contributed by atoms with Crippen molar-refractivity contribution in [1.29, 1.82) is 0 Å². The minimum absolute atomic E-state index is 0.227. The zero-order valence-electron chi connectivity index (χ0n) is 11.4. The first-order chi connectivity index (χ1) is 9.79. The second-order valence-corrected chi connectivity index (χ2v) is 6.34. The Bertz CT molecular complexity index is 659. The molecular formula is C14H13NO4S2. The number of carbonyl (C=O) groups is 2. The Kier molecular flexibility index (Phi) is 4.34. The van der Waals surface area contributed by atoms with Gasteiger partial charge >= 0.3 is 5.97 Å². The van der Waals surface area contributed by atoms with Crippen LogP contribution in [0.1, 0.15) is 16.7 Å². The van der Waals surface area contributed by atoms with E-state index in [1.54, 1.807) is 32.1 Å². The number of nitrogens with zero attached hydrogens (tertiary/aromatic N) is 1. The number of hydrogen-bond acceptors (Lipinski definition) is 5. The first kappa shape index (κ1) is 15.5. The molecule has 0 aromatic heterocycles. The molecule has 5 nitrogen and oxygen atoms in total. The molecule has 0 radical (unpaired) electrons. The van der Waals surface area contributed by atoms with Crippen molar-refractivity contribution in [2.45, 2.75) is 13.8 Å². The Labute approximate surface area is 131 Å². The van der Waals surface area contributed by atoms with Crippen molar-refractivity contribution in [3.63, 3.8) is 0 Å². The Balaban J connectivity index is 2.33. The van der Waals surface area contributed by atoms with E-state index < -0.39 is 18.4 Å². The van der Waals surface area contributed by atoms with Crippen molar-refractivity contribution in [1.82, 2.24) is 4.90 Å². The highest BCUT2D eigenvalue weighted by Crippen LogP contribution is 2.33. The van der Waals surface area contributed by atoms with Crippen LogP contribution in [0, 0.1) is 13.8 Å². The van der Waals surface area contributed by atoms with Gasteiger partial charge in [0.1, 0.15) is 16.6 Å². The van der Waals surface area contributed by atoms with Gasteiger partial charge in [-0.3, -0.25) is 14.5 Å². The maximum atomic E-state index is 12.1. The van der Waals surface area contributed by atoms with Gasteiger partial charge < -0.3 is 10.2 Å². The second-order valence-electron chi connectivity index (χ2n) is 4.66. The summed E-state index contributed by atoms with van der Waals surface area (Å²) in [4.78, 5) is 24.3. The number of thiocarbonyl (C=S) groups is 1. The van der Waals surface area contributed by atoms with E-state index in [9.17, 15) is 14.7 Å². The largest absolute Gasteiger partial charge is 0.507 e. The fourth-order valence-corrected chi connectivity index (χ4v) is 3.25. The summed E-state index contributed by atoms with van der Waals surface area (Å²) in [6.07, 6.45) is 1.65. The highest BCUT2D eigenvalue weighted by molar-refractivity contribution is 8.26. The summed E-state index contributed by atoms with van der Waals surface area (Å²) < 4.78 is 0.237.